The van der Waals surface area contributed by atoms with Crippen LogP contribution in [0.15, 0.2) is 18.2 Å². The third kappa shape index (κ3) is 2.31. The minimum absolute atomic E-state index is 0.278. The molecule has 0 spiro atoms. The predicted molar refractivity (Wildman–Crippen MR) is 78.1 cm³/mol. The second-order valence-corrected chi connectivity index (χ2v) is 7.83. The Kier molecular flexibility index (Phi) is 3.57. The second-order valence-electron chi connectivity index (χ2n) is 5.39. The number of hydrogen-bond donors (Lipinski definition) is 0. The van der Waals surface area contributed by atoms with Crippen LogP contribution in [0.1, 0.15) is 18.9 Å². The fraction of sp³-hybridized carbons (Fsp3) is 0.429. The Balaban J connectivity index is 2.59. The van der Waals surface area contributed by atoms with Crippen LogP contribution in [0.2, 0.25) is 0 Å². The Morgan fingerprint density at radius 2 is 1.90 bits per heavy atom. The van der Waals surface area contributed by atoms with Crippen LogP contribution in [0.4, 0.5) is 5.69 Å². The minimum Gasteiger partial charge on any atom is -0.495 e. The lowest BCUT2D eigenvalue weighted by atomic mass is 10.1. The summed E-state index contributed by atoms with van der Waals surface area (Å²) < 4.78 is 27.2. The van der Waals surface area contributed by atoms with E-state index in [1.807, 2.05) is 6.92 Å². The van der Waals surface area contributed by atoms with Crippen molar-refractivity contribution in [1.82, 2.24) is 0 Å². The zero-order chi connectivity index (χ0) is 16.0. The molecular weight excluding hydrogens is 294 g/mol. The lowest BCUT2D eigenvalue weighted by Gasteiger charge is -2.22. The van der Waals surface area contributed by atoms with E-state index in [0.717, 1.165) is 16.7 Å². The molecule has 0 N–H and O–H groups in total. The zero-order valence-electron chi connectivity index (χ0n) is 12.3. The van der Waals surface area contributed by atoms with E-state index in [1.54, 1.807) is 18.2 Å². The second kappa shape index (κ2) is 4.84. The Labute approximate surface area is 123 Å². The van der Waals surface area contributed by atoms with Crippen molar-refractivity contribution in [3.05, 3.63) is 23.8 Å². The smallest absolute Gasteiger partial charge is 0.255 e. The van der Waals surface area contributed by atoms with Crippen molar-refractivity contribution in [2.75, 3.05) is 18.3 Å². The lowest BCUT2D eigenvalue weighted by Crippen LogP contribution is -2.44. The third-order valence-corrected chi connectivity index (χ3v) is 5.74. The van der Waals surface area contributed by atoms with E-state index in [2.05, 4.69) is 0 Å². The highest BCUT2D eigenvalue weighted by atomic mass is 32.2. The summed E-state index contributed by atoms with van der Waals surface area (Å²) in [4.78, 5) is 25.7. The molecule has 7 heteroatoms. The number of anilines is 1. The van der Waals surface area contributed by atoms with Gasteiger partial charge < -0.3 is 4.74 Å². The summed E-state index contributed by atoms with van der Waals surface area (Å²) in [5.41, 5.74) is 1.11. The molecule has 1 heterocycles. The number of carbonyl (C=O) groups is 2. The lowest BCUT2D eigenvalue weighted by molar-refractivity contribution is -0.121. The van der Waals surface area contributed by atoms with Crippen molar-refractivity contribution in [1.29, 1.82) is 0 Å². The number of methoxy groups -OCH3 is 1. The first kappa shape index (κ1) is 15.5. The number of sulfone groups is 1. The van der Waals surface area contributed by atoms with Crippen LogP contribution in [0.5, 0.6) is 5.75 Å². The molecule has 0 bridgehead atoms. The van der Waals surface area contributed by atoms with E-state index >= 15 is 0 Å². The molecule has 114 valence electrons. The molecule has 1 saturated heterocycles. The first-order valence-electron chi connectivity index (χ1n) is 6.33. The van der Waals surface area contributed by atoms with Gasteiger partial charge in [-0.15, -0.1) is 0 Å². The molecule has 1 aliphatic rings. The third-order valence-electron chi connectivity index (χ3n) is 3.79. The van der Waals surface area contributed by atoms with Crippen LogP contribution in [0.25, 0.3) is 0 Å². The molecule has 0 aliphatic carbocycles. The van der Waals surface area contributed by atoms with Crippen LogP contribution >= 0.6 is 0 Å². The van der Waals surface area contributed by atoms with Gasteiger partial charge in [-0.25, -0.2) is 13.3 Å². The fourth-order valence-electron chi connectivity index (χ4n) is 2.30. The van der Waals surface area contributed by atoms with Gasteiger partial charge in [-0.2, -0.15) is 0 Å². The molecule has 1 aromatic carbocycles. The van der Waals surface area contributed by atoms with Crippen molar-refractivity contribution in [2.24, 2.45) is 0 Å². The van der Waals surface area contributed by atoms with Crippen molar-refractivity contribution >= 4 is 27.3 Å². The van der Waals surface area contributed by atoms with Gasteiger partial charge in [0.15, 0.2) is 14.6 Å². The van der Waals surface area contributed by atoms with Gasteiger partial charge in [-0.3, -0.25) is 9.59 Å². The molecule has 0 aromatic heterocycles. The molecular formula is C14H17NO5S. The van der Waals surface area contributed by atoms with Gasteiger partial charge in [0.25, 0.3) is 5.91 Å². The number of benzene rings is 1. The standard InChI is InChI=1S/C14H17NO5S/c1-9-5-6-11(20-3)10(7-9)15-12(16)8-14(2,13(15)17)21(4,18)19/h5-7H,8H2,1-4H3. The van der Waals surface area contributed by atoms with Crippen LogP contribution in [-0.4, -0.2) is 38.3 Å². The van der Waals surface area contributed by atoms with Gasteiger partial charge >= 0.3 is 0 Å². The molecule has 1 unspecified atom stereocenters. The number of amides is 2. The van der Waals surface area contributed by atoms with Crippen molar-refractivity contribution in [3.8, 4) is 5.75 Å². The van der Waals surface area contributed by atoms with Gasteiger partial charge in [0.05, 0.1) is 19.2 Å². The monoisotopic (exact) mass is 311 g/mol. The molecule has 1 aliphatic heterocycles. The van der Waals surface area contributed by atoms with E-state index in [4.69, 9.17) is 4.74 Å². The van der Waals surface area contributed by atoms with Crippen LogP contribution in [0.3, 0.4) is 0 Å². The summed E-state index contributed by atoms with van der Waals surface area (Å²) in [7, 11) is -2.28. The predicted octanol–water partition coefficient (Wildman–Crippen LogP) is 1.07. The molecule has 2 rings (SSSR count). The van der Waals surface area contributed by atoms with Crippen molar-refractivity contribution in [2.45, 2.75) is 25.0 Å². The SMILES string of the molecule is COc1ccc(C)cc1N1C(=O)CC(C)(S(C)(=O)=O)C1=O. The summed E-state index contributed by atoms with van der Waals surface area (Å²) in [6.45, 7) is 3.09. The van der Waals surface area contributed by atoms with Gasteiger partial charge in [-0.05, 0) is 31.5 Å². The molecule has 1 atom stereocenters. The summed E-state index contributed by atoms with van der Waals surface area (Å²) >= 11 is 0. The Morgan fingerprint density at radius 1 is 1.29 bits per heavy atom. The van der Waals surface area contributed by atoms with E-state index in [9.17, 15) is 18.0 Å². The number of ether oxygens (including phenoxy) is 1. The number of nitrogens with zero attached hydrogens (tertiary/aromatic N) is 1. The van der Waals surface area contributed by atoms with Gasteiger partial charge in [0.1, 0.15) is 5.75 Å². The summed E-state index contributed by atoms with van der Waals surface area (Å²) in [5.74, 6) is -0.934. The van der Waals surface area contributed by atoms with E-state index in [0.29, 0.717) is 5.75 Å². The normalized spacial score (nSPS) is 22.8. The first-order valence-corrected chi connectivity index (χ1v) is 8.22. The highest BCUT2D eigenvalue weighted by molar-refractivity contribution is 7.93. The molecule has 6 nitrogen and oxygen atoms in total. The summed E-state index contributed by atoms with van der Waals surface area (Å²) in [5, 5.41) is 0. The molecule has 2 amide bonds. The first-order chi connectivity index (χ1) is 9.61. The Morgan fingerprint density at radius 3 is 2.38 bits per heavy atom. The number of hydrogen-bond acceptors (Lipinski definition) is 5. The quantitative estimate of drug-likeness (QED) is 0.780. The number of aryl methyl sites for hydroxylation is 1. The highest BCUT2D eigenvalue weighted by Gasteiger charge is 2.56. The topological polar surface area (TPSA) is 80.8 Å². The zero-order valence-corrected chi connectivity index (χ0v) is 13.2. The van der Waals surface area contributed by atoms with E-state index < -0.39 is 26.4 Å². The summed E-state index contributed by atoms with van der Waals surface area (Å²) in [6, 6.07) is 5.05. The molecule has 0 saturated carbocycles. The molecule has 1 aromatic rings. The average Bonchev–Trinajstić information content (AvgIpc) is 2.60. The maximum absolute atomic E-state index is 12.5. The highest BCUT2D eigenvalue weighted by Crippen LogP contribution is 2.38. The van der Waals surface area contributed by atoms with Crippen LogP contribution < -0.4 is 9.64 Å². The van der Waals surface area contributed by atoms with Crippen LogP contribution in [-0.2, 0) is 19.4 Å². The average molecular weight is 311 g/mol. The molecule has 21 heavy (non-hydrogen) atoms. The van der Waals surface area contributed by atoms with Gasteiger partial charge in [0.2, 0.25) is 5.91 Å². The number of carbonyl (C=O) groups excluding carboxylic acids is 2. The van der Waals surface area contributed by atoms with Crippen molar-refractivity contribution in [3.63, 3.8) is 0 Å². The number of rotatable bonds is 3. The minimum atomic E-state index is -3.71. The van der Waals surface area contributed by atoms with E-state index in [-0.39, 0.29) is 12.1 Å². The number of imide groups is 1. The molecule has 1 fully saturated rings. The Bertz CT molecular complexity index is 725. The fourth-order valence-corrected chi connectivity index (χ4v) is 3.10. The van der Waals surface area contributed by atoms with Crippen molar-refractivity contribution < 1.29 is 22.7 Å². The summed E-state index contributed by atoms with van der Waals surface area (Å²) in [6.07, 6.45) is 0.608. The van der Waals surface area contributed by atoms with Crippen LogP contribution in [0, 0.1) is 6.92 Å². The maximum atomic E-state index is 12.5. The Hall–Kier alpha value is -1.89. The van der Waals surface area contributed by atoms with E-state index in [1.165, 1.54) is 14.0 Å². The maximum Gasteiger partial charge on any atom is 0.255 e. The van der Waals surface area contributed by atoms with Gasteiger partial charge in [0, 0.05) is 6.26 Å². The largest absolute Gasteiger partial charge is 0.495 e. The molecule has 0 radical (unpaired) electrons. The van der Waals surface area contributed by atoms with Gasteiger partial charge in [-0.1, -0.05) is 6.07 Å².